The lowest BCUT2D eigenvalue weighted by atomic mass is 9.97. The predicted octanol–water partition coefficient (Wildman–Crippen LogP) is 17.2. The highest BCUT2D eigenvalue weighted by Crippen LogP contribution is 2.43. The number of anilines is 3. The molecule has 0 aliphatic carbocycles. The molecule has 11 aromatic carbocycles. The van der Waals surface area contributed by atoms with Gasteiger partial charge in [0.25, 0.3) is 0 Å². The maximum atomic E-state index is 2.42. The molecule has 2 nitrogen and oxygen atoms in total. The summed E-state index contributed by atoms with van der Waals surface area (Å²) in [5, 5.41) is 7.45. The minimum Gasteiger partial charge on any atom is -0.310 e. The van der Waals surface area contributed by atoms with E-state index in [-0.39, 0.29) is 0 Å². The largest absolute Gasteiger partial charge is 0.310 e. The first kappa shape index (κ1) is 37.3. The molecule has 64 heavy (non-hydrogen) atoms. The lowest BCUT2D eigenvalue weighted by Gasteiger charge is -2.26. The SMILES string of the molecule is c1ccc(-c2ccc(-c3ccc(N(c4ccc(-c5ccc6ccccc6c5)cc4)c4cccc(-c5cccc6c5c5cc7ccccc7cc5n6-c5ccccc5)c4)cc3)cc2)cc1. The van der Waals surface area contributed by atoms with Gasteiger partial charge >= 0.3 is 0 Å². The Morgan fingerprint density at radius 3 is 1.41 bits per heavy atom. The second-order valence-corrected chi connectivity index (χ2v) is 16.6. The summed E-state index contributed by atoms with van der Waals surface area (Å²) in [7, 11) is 0. The number of nitrogens with zero attached hydrogens (tertiary/aromatic N) is 2. The summed E-state index contributed by atoms with van der Waals surface area (Å²) < 4.78 is 2.42. The van der Waals surface area contributed by atoms with Crippen molar-refractivity contribution in [2.75, 3.05) is 4.90 Å². The van der Waals surface area contributed by atoms with E-state index in [1.54, 1.807) is 0 Å². The Balaban J connectivity index is 0.983. The summed E-state index contributed by atoms with van der Waals surface area (Å²) in [6.07, 6.45) is 0. The van der Waals surface area contributed by atoms with Crippen LogP contribution < -0.4 is 4.90 Å². The van der Waals surface area contributed by atoms with Gasteiger partial charge in [-0.2, -0.15) is 0 Å². The topological polar surface area (TPSA) is 8.17 Å². The molecule has 0 aliphatic rings. The molecule has 0 amide bonds. The first-order valence-electron chi connectivity index (χ1n) is 22.0. The van der Waals surface area contributed by atoms with E-state index >= 15 is 0 Å². The third-order valence-electron chi connectivity index (χ3n) is 12.7. The minimum absolute atomic E-state index is 1.09. The van der Waals surface area contributed by atoms with Gasteiger partial charge in [-0.05, 0) is 139 Å². The Hall–Kier alpha value is -8.46. The van der Waals surface area contributed by atoms with Crippen LogP contribution in [0.2, 0.25) is 0 Å². The maximum Gasteiger partial charge on any atom is 0.0547 e. The minimum atomic E-state index is 1.09. The van der Waals surface area contributed by atoms with Crippen LogP contribution in [0.4, 0.5) is 17.1 Å². The van der Waals surface area contributed by atoms with Crippen molar-refractivity contribution in [1.29, 1.82) is 0 Å². The normalized spacial score (nSPS) is 11.4. The van der Waals surface area contributed by atoms with Crippen molar-refractivity contribution in [3.63, 3.8) is 0 Å². The van der Waals surface area contributed by atoms with Crippen molar-refractivity contribution in [3.05, 3.63) is 255 Å². The molecule has 0 spiro atoms. The van der Waals surface area contributed by atoms with Gasteiger partial charge in [-0.3, -0.25) is 0 Å². The molecule has 0 aliphatic heterocycles. The van der Waals surface area contributed by atoms with Crippen LogP contribution in [0, 0.1) is 0 Å². The van der Waals surface area contributed by atoms with Gasteiger partial charge in [0.05, 0.1) is 11.0 Å². The fourth-order valence-electron chi connectivity index (χ4n) is 9.57. The van der Waals surface area contributed by atoms with E-state index in [2.05, 4.69) is 264 Å². The molecule has 0 saturated heterocycles. The van der Waals surface area contributed by atoms with Gasteiger partial charge in [0.15, 0.2) is 0 Å². The summed E-state index contributed by atoms with van der Waals surface area (Å²) in [5.41, 5.74) is 16.4. The van der Waals surface area contributed by atoms with Gasteiger partial charge in [-0.1, -0.05) is 182 Å². The predicted molar refractivity (Wildman–Crippen MR) is 272 cm³/mol. The third-order valence-corrected chi connectivity index (χ3v) is 12.7. The highest BCUT2D eigenvalue weighted by Gasteiger charge is 2.19. The first-order valence-corrected chi connectivity index (χ1v) is 22.0. The van der Waals surface area contributed by atoms with Crippen LogP contribution in [0.15, 0.2) is 255 Å². The molecule has 12 aromatic rings. The zero-order valence-electron chi connectivity index (χ0n) is 35.1. The van der Waals surface area contributed by atoms with Crippen molar-refractivity contribution in [2.45, 2.75) is 0 Å². The number of rotatable bonds is 8. The molecular formula is C62H42N2. The summed E-state index contributed by atoms with van der Waals surface area (Å²) in [5.74, 6) is 0. The molecule has 1 heterocycles. The van der Waals surface area contributed by atoms with Gasteiger partial charge in [0, 0.05) is 33.5 Å². The van der Waals surface area contributed by atoms with Crippen LogP contribution >= 0.6 is 0 Å². The average molecular weight is 815 g/mol. The fourth-order valence-corrected chi connectivity index (χ4v) is 9.57. The van der Waals surface area contributed by atoms with E-state index in [4.69, 9.17) is 0 Å². The number of aromatic nitrogens is 1. The monoisotopic (exact) mass is 814 g/mol. The first-order chi connectivity index (χ1) is 31.7. The zero-order chi connectivity index (χ0) is 42.4. The van der Waals surface area contributed by atoms with E-state index in [0.717, 1.165) is 28.3 Å². The van der Waals surface area contributed by atoms with E-state index in [1.165, 1.54) is 82.3 Å². The van der Waals surface area contributed by atoms with Gasteiger partial charge in [0.1, 0.15) is 0 Å². The number of para-hydroxylation sites is 1. The maximum absolute atomic E-state index is 2.42. The van der Waals surface area contributed by atoms with E-state index in [1.807, 2.05) is 0 Å². The molecule has 0 fully saturated rings. The van der Waals surface area contributed by atoms with Crippen molar-refractivity contribution in [3.8, 4) is 50.2 Å². The van der Waals surface area contributed by atoms with Crippen LogP contribution in [-0.4, -0.2) is 4.57 Å². The van der Waals surface area contributed by atoms with Crippen LogP contribution in [0.1, 0.15) is 0 Å². The summed E-state index contributed by atoms with van der Waals surface area (Å²) in [6.45, 7) is 0. The molecule has 0 atom stereocenters. The van der Waals surface area contributed by atoms with Crippen LogP contribution in [0.3, 0.4) is 0 Å². The molecule has 0 saturated carbocycles. The van der Waals surface area contributed by atoms with Gasteiger partial charge in [-0.15, -0.1) is 0 Å². The second-order valence-electron chi connectivity index (χ2n) is 16.6. The lowest BCUT2D eigenvalue weighted by Crippen LogP contribution is -2.10. The average Bonchev–Trinajstić information content (AvgIpc) is 3.70. The number of hydrogen-bond acceptors (Lipinski definition) is 1. The van der Waals surface area contributed by atoms with Crippen molar-refractivity contribution >= 4 is 60.4 Å². The van der Waals surface area contributed by atoms with Crippen molar-refractivity contribution in [1.82, 2.24) is 4.57 Å². The quantitative estimate of drug-likeness (QED) is 0.148. The molecule has 2 heteroatoms. The zero-order valence-corrected chi connectivity index (χ0v) is 35.1. The highest BCUT2D eigenvalue weighted by molar-refractivity contribution is 6.18. The molecule has 0 radical (unpaired) electrons. The Morgan fingerprint density at radius 2 is 0.750 bits per heavy atom. The van der Waals surface area contributed by atoms with Gasteiger partial charge in [-0.25, -0.2) is 0 Å². The van der Waals surface area contributed by atoms with Crippen molar-refractivity contribution in [2.24, 2.45) is 0 Å². The third kappa shape index (κ3) is 6.70. The van der Waals surface area contributed by atoms with Gasteiger partial charge < -0.3 is 9.47 Å². The lowest BCUT2D eigenvalue weighted by molar-refractivity contribution is 1.18. The molecule has 300 valence electrons. The fraction of sp³-hybridized carbons (Fsp3) is 0. The molecular weight excluding hydrogens is 773 g/mol. The van der Waals surface area contributed by atoms with E-state index in [0.29, 0.717) is 0 Å². The molecule has 0 bridgehead atoms. The Bertz CT molecular complexity index is 3620. The Morgan fingerprint density at radius 1 is 0.266 bits per heavy atom. The smallest absolute Gasteiger partial charge is 0.0547 e. The molecule has 0 unspecified atom stereocenters. The van der Waals surface area contributed by atoms with Crippen molar-refractivity contribution < 1.29 is 0 Å². The summed E-state index contributed by atoms with van der Waals surface area (Å²) in [6, 6.07) is 92.7. The van der Waals surface area contributed by atoms with E-state index in [9.17, 15) is 0 Å². The molecule has 1 aromatic heterocycles. The molecule has 12 rings (SSSR count). The summed E-state index contributed by atoms with van der Waals surface area (Å²) in [4.78, 5) is 2.39. The van der Waals surface area contributed by atoms with Crippen LogP contribution in [0.25, 0.3) is 93.5 Å². The second kappa shape index (κ2) is 15.8. The number of hydrogen-bond donors (Lipinski definition) is 0. The Kier molecular flexibility index (Phi) is 9.20. The van der Waals surface area contributed by atoms with Gasteiger partial charge in [0.2, 0.25) is 0 Å². The Labute approximate surface area is 373 Å². The van der Waals surface area contributed by atoms with E-state index < -0.39 is 0 Å². The standard InChI is InChI=1S/C62H42N2/c1-3-13-43(14-4-1)45-25-27-46(28-26-45)47-31-35-55(36-32-47)63(56-37-33-48(34-38-56)52-30-29-44-15-7-8-16-49(44)39-52)57-22-11-19-53(40-57)58-23-12-24-60-62(58)59-41-50-17-9-10-18-51(50)42-61(59)64(60)54-20-5-2-6-21-54/h1-42H. The summed E-state index contributed by atoms with van der Waals surface area (Å²) >= 11 is 0. The number of fused-ring (bicyclic) bond motifs is 5. The number of benzene rings is 11. The highest BCUT2D eigenvalue weighted by atomic mass is 15.1. The van der Waals surface area contributed by atoms with Crippen LogP contribution in [-0.2, 0) is 0 Å². The molecule has 0 N–H and O–H groups in total. The van der Waals surface area contributed by atoms with Crippen LogP contribution in [0.5, 0.6) is 0 Å².